The van der Waals surface area contributed by atoms with Gasteiger partial charge in [0.1, 0.15) is 6.10 Å². The predicted molar refractivity (Wildman–Crippen MR) is 223 cm³/mol. The van der Waals surface area contributed by atoms with Gasteiger partial charge in [0.05, 0.1) is 25.2 Å². The molecule has 0 saturated carbocycles. The topological polar surface area (TPSA) is 95.9 Å². The van der Waals surface area contributed by atoms with Gasteiger partial charge in [-0.2, -0.15) is 0 Å². The summed E-state index contributed by atoms with van der Waals surface area (Å²) in [6.07, 6.45) is 42.8. The van der Waals surface area contributed by atoms with Crippen LogP contribution in [0.1, 0.15) is 245 Å². The number of rotatable bonds is 41. The zero-order chi connectivity index (χ0) is 38.2. The fourth-order valence-electron chi connectivity index (χ4n) is 7.07. The third-order valence-corrected chi connectivity index (χ3v) is 10.6. The lowest BCUT2D eigenvalue weighted by atomic mass is 10.0. The molecule has 0 saturated heterocycles. The Balaban J connectivity index is 4.41. The molecule has 0 aliphatic heterocycles. The van der Waals surface area contributed by atoms with Crippen LogP contribution >= 0.6 is 0 Å². The molecule has 0 aromatic heterocycles. The van der Waals surface area contributed by atoms with Crippen molar-refractivity contribution >= 4 is 11.9 Å². The van der Waals surface area contributed by atoms with E-state index in [4.69, 9.17) is 4.74 Å². The third kappa shape index (κ3) is 35.6. The SMILES string of the molecule is CCCCCC/C=C\CCCCCCCCCC(=O)OC(CCCCCCCCC)CC(=O)NC(CO)C(O)CCCCCCCCCCCCC. The monoisotopic (exact) mass is 736 g/mol. The van der Waals surface area contributed by atoms with Crippen LogP contribution in [0.25, 0.3) is 0 Å². The maximum absolute atomic E-state index is 13.1. The lowest BCUT2D eigenvalue weighted by Gasteiger charge is -2.24. The summed E-state index contributed by atoms with van der Waals surface area (Å²) in [6, 6.07) is -0.692. The fourth-order valence-corrected chi connectivity index (χ4v) is 7.07. The van der Waals surface area contributed by atoms with E-state index in [0.717, 1.165) is 44.9 Å². The smallest absolute Gasteiger partial charge is 0.306 e. The van der Waals surface area contributed by atoms with Crippen LogP contribution in [0.5, 0.6) is 0 Å². The van der Waals surface area contributed by atoms with Crippen molar-refractivity contribution in [1.82, 2.24) is 5.32 Å². The Labute approximate surface area is 323 Å². The molecule has 308 valence electrons. The minimum atomic E-state index is -0.779. The number of allylic oxidation sites excluding steroid dienone is 2. The van der Waals surface area contributed by atoms with Crippen LogP contribution in [0.2, 0.25) is 0 Å². The van der Waals surface area contributed by atoms with Gasteiger partial charge in [-0.1, -0.05) is 193 Å². The Kier molecular flexibility index (Phi) is 39.7. The molecule has 0 heterocycles. The number of amides is 1. The molecule has 3 atom stereocenters. The van der Waals surface area contributed by atoms with E-state index in [2.05, 4.69) is 38.2 Å². The first-order valence-corrected chi connectivity index (χ1v) is 22.9. The number of carbonyl (C=O) groups is 2. The molecule has 6 nitrogen and oxygen atoms in total. The van der Waals surface area contributed by atoms with Crippen LogP contribution in [0, 0.1) is 0 Å². The average Bonchev–Trinajstić information content (AvgIpc) is 3.13. The Bertz CT molecular complexity index is 787. The molecule has 0 aromatic rings. The number of aliphatic hydroxyl groups excluding tert-OH is 2. The number of hydrogen-bond donors (Lipinski definition) is 3. The molecule has 0 fully saturated rings. The molecule has 0 aliphatic rings. The van der Waals surface area contributed by atoms with E-state index in [1.165, 1.54) is 154 Å². The highest BCUT2D eigenvalue weighted by molar-refractivity contribution is 5.77. The minimum Gasteiger partial charge on any atom is -0.462 e. The van der Waals surface area contributed by atoms with Crippen LogP contribution in [-0.2, 0) is 14.3 Å². The zero-order valence-corrected chi connectivity index (χ0v) is 35.0. The van der Waals surface area contributed by atoms with E-state index in [9.17, 15) is 19.8 Å². The van der Waals surface area contributed by atoms with Gasteiger partial charge in [0, 0.05) is 6.42 Å². The second-order valence-electron chi connectivity index (χ2n) is 15.8. The van der Waals surface area contributed by atoms with E-state index < -0.39 is 18.2 Å². The minimum absolute atomic E-state index is 0.0806. The summed E-state index contributed by atoms with van der Waals surface area (Å²) in [7, 11) is 0. The summed E-state index contributed by atoms with van der Waals surface area (Å²) < 4.78 is 5.87. The molecule has 52 heavy (non-hydrogen) atoms. The molecule has 3 N–H and O–H groups in total. The molecule has 6 heteroatoms. The van der Waals surface area contributed by atoms with Gasteiger partial charge < -0.3 is 20.3 Å². The van der Waals surface area contributed by atoms with Gasteiger partial charge >= 0.3 is 5.97 Å². The molecule has 0 bridgehead atoms. The van der Waals surface area contributed by atoms with Crippen LogP contribution < -0.4 is 5.32 Å². The van der Waals surface area contributed by atoms with Gasteiger partial charge in [-0.15, -0.1) is 0 Å². The number of hydrogen-bond acceptors (Lipinski definition) is 5. The van der Waals surface area contributed by atoms with Crippen molar-refractivity contribution in [3.63, 3.8) is 0 Å². The van der Waals surface area contributed by atoms with E-state index in [1.54, 1.807) is 0 Å². The number of nitrogens with one attached hydrogen (secondary N) is 1. The van der Waals surface area contributed by atoms with Crippen LogP contribution in [-0.4, -0.2) is 46.9 Å². The van der Waals surface area contributed by atoms with Crippen molar-refractivity contribution < 1.29 is 24.5 Å². The average molecular weight is 736 g/mol. The molecule has 0 aliphatic carbocycles. The number of esters is 1. The quantitative estimate of drug-likeness (QED) is 0.0330. The van der Waals surface area contributed by atoms with Gasteiger partial charge in [0.15, 0.2) is 0 Å². The summed E-state index contributed by atoms with van der Waals surface area (Å²) in [5.74, 6) is -0.474. The van der Waals surface area contributed by atoms with E-state index in [1.807, 2.05) is 0 Å². The van der Waals surface area contributed by atoms with Gasteiger partial charge in [0.25, 0.3) is 0 Å². The van der Waals surface area contributed by atoms with Crippen LogP contribution in [0.4, 0.5) is 0 Å². The largest absolute Gasteiger partial charge is 0.462 e. The van der Waals surface area contributed by atoms with Crippen molar-refractivity contribution in [3.05, 3.63) is 12.2 Å². The highest BCUT2D eigenvalue weighted by atomic mass is 16.5. The first kappa shape index (κ1) is 50.6. The van der Waals surface area contributed by atoms with Gasteiger partial charge in [-0.3, -0.25) is 9.59 Å². The van der Waals surface area contributed by atoms with Crippen molar-refractivity contribution in [2.75, 3.05) is 6.61 Å². The van der Waals surface area contributed by atoms with E-state index >= 15 is 0 Å². The summed E-state index contributed by atoms with van der Waals surface area (Å²) in [4.78, 5) is 25.9. The maximum atomic E-state index is 13.1. The zero-order valence-electron chi connectivity index (χ0n) is 35.0. The highest BCUT2D eigenvalue weighted by Gasteiger charge is 2.24. The third-order valence-electron chi connectivity index (χ3n) is 10.6. The van der Waals surface area contributed by atoms with Crippen molar-refractivity contribution in [2.45, 2.75) is 264 Å². The second-order valence-corrected chi connectivity index (χ2v) is 15.8. The number of aliphatic hydroxyl groups is 2. The van der Waals surface area contributed by atoms with Crippen molar-refractivity contribution in [3.8, 4) is 0 Å². The predicted octanol–water partition coefficient (Wildman–Crippen LogP) is 13.0. The molecular weight excluding hydrogens is 647 g/mol. The van der Waals surface area contributed by atoms with Crippen LogP contribution in [0.15, 0.2) is 12.2 Å². The fraction of sp³-hybridized carbons (Fsp3) is 0.913. The number of unbranched alkanes of at least 4 members (excludes halogenated alkanes) is 27. The highest BCUT2D eigenvalue weighted by Crippen LogP contribution is 2.17. The summed E-state index contributed by atoms with van der Waals surface area (Å²) >= 11 is 0. The van der Waals surface area contributed by atoms with Gasteiger partial charge in [0.2, 0.25) is 5.91 Å². The molecule has 0 aromatic carbocycles. The Morgan fingerprint density at radius 1 is 0.538 bits per heavy atom. The molecule has 0 radical (unpaired) electrons. The first-order chi connectivity index (χ1) is 25.5. The van der Waals surface area contributed by atoms with Gasteiger partial charge in [-0.05, 0) is 51.4 Å². The number of ether oxygens (including phenoxy) is 1. The first-order valence-electron chi connectivity index (χ1n) is 22.9. The van der Waals surface area contributed by atoms with E-state index in [-0.39, 0.29) is 24.9 Å². The summed E-state index contributed by atoms with van der Waals surface area (Å²) in [6.45, 7) is 6.43. The molecule has 0 spiro atoms. The second kappa shape index (κ2) is 40.8. The molecule has 1 amide bonds. The Morgan fingerprint density at radius 2 is 0.923 bits per heavy atom. The Morgan fingerprint density at radius 3 is 1.38 bits per heavy atom. The van der Waals surface area contributed by atoms with E-state index in [0.29, 0.717) is 19.3 Å². The lowest BCUT2D eigenvalue weighted by Crippen LogP contribution is -2.46. The maximum Gasteiger partial charge on any atom is 0.306 e. The molecule has 0 rings (SSSR count). The van der Waals surface area contributed by atoms with Gasteiger partial charge in [-0.25, -0.2) is 0 Å². The molecule has 3 unspecified atom stereocenters. The summed E-state index contributed by atoms with van der Waals surface area (Å²) in [5.41, 5.74) is 0. The van der Waals surface area contributed by atoms with Crippen molar-refractivity contribution in [1.29, 1.82) is 0 Å². The van der Waals surface area contributed by atoms with Crippen molar-refractivity contribution in [2.24, 2.45) is 0 Å². The van der Waals surface area contributed by atoms with Crippen LogP contribution in [0.3, 0.4) is 0 Å². The summed E-state index contributed by atoms with van der Waals surface area (Å²) in [5, 5.41) is 23.6. The Hall–Kier alpha value is -1.40. The standard InChI is InChI=1S/C46H89NO5/c1-4-7-10-13-16-18-20-21-22-23-25-27-30-33-36-39-46(51)52-42(37-34-31-28-15-12-9-6-3)40-45(50)47-43(41-48)44(49)38-35-32-29-26-24-19-17-14-11-8-5-2/h18,20,42-44,48-49H,4-17,19,21-41H2,1-3H3,(H,47,50)/b20-18-. The normalized spacial score (nSPS) is 13.4. The number of carbonyl (C=O) groups excluding carboxylic acids is 2. The lowest BCUT2D eigenvalue weighted by molar-refractivity contribution is -0.151. The molecular formula is C46H89NO5.